The number of carbonyl (C=O) groups excluding carboxylic acids is 1. The number of hydrogen-bond donors (Lipinski definition) is 2. The molecule has 5 heteroatoms. The molecule has 0 heterocycles. The summed E-state index contributed by atoms with van der Waals surface area (Å²) in [6.07, 6.45) is -0.351. The molecule has 19 heavy (non-hydrogen) atoms. The van der Waals surface area contributed by atoms with E-state index in [0.29, 0.717) is 13.0 Å². The van der Waals surface area contributed by atoms with E-state index in [1.807, 2.05) is 19.1 Å². The number of amides is 1. The Balaban J connectivity index is 2.75. The third kappa shape index (κ3) is 4.13. The second kappa shape index (κ2) is 6.99. The number of nitrogens with one attached hydrogen (secondary N) is 1. The van der Waals surface area contributed by atoms with Gasteiger partial charge in [0.25, 0.3) is 0 Å². The highest BCUT2D eigenvalue weighted by Gasteiger charge is 2.11. The van der Waals surface area contributed by atoms with Gasteiger partial charge in [-0.1, -0.05) is 0 Å². The summed E-state index contributed by atoms with van der Waals surface area (Å²) in [5.41, 5.74) is 2.07. The van der Waals surface area contributed by atoms with Gasteiger partial charge >= 0.3 is 0 Å². The average molecular weight is 267 g/mol. The van der Waals surface area contributed by atoms with Crippen LogP contribution in [-0.2, 0) is 11.2 Å². The molecule has 1 atom stereocenters. The highest BCUT2D eigenvalue weighted by atomic mass is 16.5. The summed E-state index contributed by atoms with van der Waals surface area (Å²) in [7, 11) is 3.21. The second-order valence-electron chi connectivity index (χ2n) is 4.34. The summed E-state index contributed by atoms with van der Waals surface area (Å²) in [5, 5.41) is 11.8. The van der Waals surface area contributed by atoms with Crippen LogP contribution >= 0.6 is 0 Å². The van der Waals surface area contributed by atoms with Gasteiger partial charge in [-0.2, -0.15) is 0 Å². The van der Waals surface area contributed by atoms with Gasteiger partial charge in [-0.05, 0) is 37.5 Å². The van der Waals surface area contributed by atoms with Gasteiger partial charge in [0.2, 0.25) is 5.91 Å². The number of carbonyl (C=O) groups is 1. The van der Waals surface area contributed by atoms with Crippen molar-refractivity contribution in [1.29, 1.82) is 0 Å². The number of aliphatic hydroxyl groups excluding tert-OH is 1. The Morgan fingerprint density at radius 2 is 2.05 bits per heavy atom. The Hall–Kier alpha value is -1.75. The Morgan fingerprint density at radius 3 is 2.58 bits per heavy atom. The lowest BCUT2D eigenvalue weighted by molar-refractivity contribution is -0.128. The molecule has 0 bridgehead atoms. The predicted octanol–water partition coefficient (Wildman–Crippen LogP) is 1.05. The maximum absolute atomic E-state index is 11.3. The fraction of sp³-hybridized carbons (Fsp3) is 0.500. The summed E-state index contributed by atoms with van der Waals surface area (Å²) < 4.78 is 10.5. The number of methoxy groups -OCH3 is 2. The molecule has 1 rings (SSSR count). The van der Waals surface area contributed by atoms with Gasteiger partial charge in [0, 0.05) is 12.6 Å². The number of benzene rings is 1. The van der Waals surface area contributed by atoms with Crippen molar-refractivity contribution in [2.45, 2.75) is 26.4 Å². The van der Waals surface area contributed by atoms with Gasteiger partial charge in [0.1, 0.15) is 17.6 Å². The molecular formula is C14H21NO4. The molecule has 2 N–H and O–H groups in total. The number of aliphatic hydroxyl groups is 1. The van der Waals surface area contributed by atoms with Crippen LogP contribution in [0.25, 0.3) is 0 Å². The lowest BCUT2D eigenvalue weighted by atomic mass is 10.0. The molecule has 0 aliphatic rings. The lowest BCUT2D eigenvalue weighted by Gasteiger charge is -2.14. The first-order valence-electron chi connectivity index (χ1n) is 6.16. The van der Waals surface area contributed by atoms with Crippen molar-refractivity contribution in [2.24, 2.45) is 0 Å². The highest BCUT2D eigenvalue weighted by molar-refractivity contribution is 5.79. The SMILES string of the molecule is COc1cc(C)c(CCNC(=O)C(C)O)c(OC)c1. The molecule has 1 aromatic carbocycles. The first kappa shape index (κ1) is 15.3. The largest absolute Gasteiger partial charge is 0.497 e. The zero-order valence-corrected chi connectivity index (χ0v) is 11.8. The summed E-state index contributed by atoms with van der Waals surface area (Å²) >= 11 is 0. The minimum Gasteiger partial charge on any atom is -0.497 e. The van der Waals surface area contributed by atoms with Gasteiger partial charge < -0.3 is 19.9 Å². The third-order valence-corrected chi connectivity index (χ3v) is 2.91. The van der Waals surface area contributed by atoms with E-state index in [9.17, 15) is 4.79 Å². The highest BCUT2D eigenvalue weighted by Crippen LogP contribution is 2.28. The standard InChI is InChI=1S/C14H21NO4/c1-9-7-11(18-3)8-13(19-4)12(9)5-6-15-14(17)10(2)16/h7-8,10,16H,5-6H2,1-4H3,(H,15,17). The van der Waals surface area contributed by atoms with E-state index in [-0.39, 0.29) is 5.91 Å². The number of rotatable bonds is 6. The quantitative estimate of drug-likeness (QED) is 0.808. The molecule has 5 nitrogen and oxygen atoms in total. The van der Waals surface area contributed by atoms with Crippen LogP contribution in [0.1, 0.15) is 18.1 Å². The zero-order chi connectivity index (χ0) is 14.4. The van der Waals surface area contributed by atoms with E-state index in [0.717, 1.165) is 22.6 Å². The molecule has 0 aliphatic carbocycles. The van der Waals surface area contributed by atoms with Crippen LogP contribution in [0.15, 0.2) is 12.1 Å². The molecule has 1 unspecified atom stereocenters. The number of aryl methyl sites for hydroxylation is 1. The van der Waals surface area contributed by atoms with Crippen molar-refractivity contribution in [3.8, 4) is 11.5 Å². The van der Waals surface area contributed by atoms with Crippen LogP contribution in [-0.4, -0.2) is 37.9 Å². The fourth-order valence-electron chi connectivity index (χ4n) is 1.83. The molecule has 0 saturated heterocycles. The van der Waals surface area contributed by atoms with Gasteiger partial charge in [-0.3, -0.25) is 4.79 Å². The molecule has 1 aromatic rings. The van der Waals surface area contributed by atoms with Gasteiger partial charge in [-0.15, -0.1) is 0 Å². The second-order valence-corrected chi connectivity index (χ2v) is 4.34. The van der Waals surface area contributed by atoms with E-state index in [1.165, 1.54) is 6.92 Å². The summed E-state index contributed by atoms with van der Waals surface area (Å²) in [5.74, 6) is 1.11. The van der Waals surface area contributed by atoms with Crippen molar-refractivity contribution >= 4 is 5.91 Å². The summed E-state index contributed by atoms with van der Waals surface area (Å²) in [6, 6.07) is 3.74. The summed E-state index contributed by atoms with van der Waals surface area (Å²) in [4.78, 5) is 11.3. The molecule has 0 saturated carbocycles. The summed E-state index contributed by atoms with van der Waals surface area (Å²) in [6.45, 7) is 3.86. The van der Waals surface area contributed by atoms with E-state index in [4.69, 9.17) is 14.6 Å². The molecule has 1 amide bonds. The van der Waals surface area contributed by atoms with Crippen molar-refractivity contribution in [2.75, 3.05) is 20.8 Å². The predicted molar refractivity (Wildman–Crippen MR) is 72.7 cm³/mol. The Labute approximate surface area is 113 Å². The van der Waals surface area contributed by atoms with Gasteiger partial charge in [0.15, 0.2) is 0 Å². The first-order valence-corrected chi connectivity index (χ1v) is 6.16. The van der Waals surface area contributed by atoms with Gasteiger partial charge in [-0.25, -0.2) is 0 Å². The maximum atomic E-state index is 11.3. The molecule has 0 aromatic heterocycles. The van der Waals surface area contributed by atoms with E-state index >= 15 is 0 Å². The Morgan fingerprint density at radius 1 is 1.37 bits per heavy atom. The molecule has 0 radical (unpaired) electrons. The minimum absolute atomic E-state index is 0.370. The van der Waals surface area contributed by atoms with E-state index in [2.05, 4.69) is 5.32 Å². The topological polar surface area (TPSA) is 67.8 Å². The van der Waals surface area contributed by atoms with Crippen LogP contribution in [0.4, 0.5) is 0 Å². The molecule has 0 spiro atoms. The zero-order valence-electron chi connectivity index (χ0n) is 11.8. The molecule has 0 aliphatic heterocycles. The smallest absolute Gasteiger partial charge is 0.248 e. The lowest BCUT2D eigenvalue weighted by Crippen LogP contribution is -2.33. The van der Waals surface area contributed by atoms with Crippen molar-refractivity contribution in [3.05, 3.63) is 23.3 Å². The van der Waals surface area contributed by atoms with Crippen molar-refractivity contribution in [3.63, 3.8) is 0 Å². The molecule has 106 valence electrons. The Bertz CT molecular complexity index is 443. The molecule has 0 fully saturated rings. The first-order chi connectivity index (χ1) is 8.99. The van der Waals surface area contributed by atoms with Crippen molar-refractivity contribution in [1.82, 2.24) is 5.32 Å². The van der Waals surface area contributed by atoms with Crippen molar-refractivity contribution < 1.29 is 19.4 Å². The molecular weight excluding hydrogens is 246 g/mol. The number of ether oxygens (including phenoxy) is 2. The fourth-order valence-corrected chi connectivity index (χ4v) is 1.83. The Kier molecular flexibility index (Phi) is 5.63. The monoisotopic (exact) mass is 267 g/mol. The van der Waals surface area contributed by atoms with Crippen LogP contribution in [0.2, 0.25) is 0 Å². The van der Waals surface area contributed by atoms with E-state index in [1.54, 1.807) is 14.2 Å². The van der Waals surface area contributed by atoms with Gasteiger partial charge in [0.05, 0.1) is 14.2 Å². The third-order valence-electron chi connectivity index (χ3n) is 2.91. The average Bonchev–Trinajstić information content (AvgIpc) is 2.39. The number of hydrogen-bond acceptors (Lipinski definition) is 4. The van der Waals surface area contributed by atoms with Crippen LogP contribution in [0, 0.1) is 6.92 Å². The normalized spacial score (nSPS) is 11.8. The van der Waals surface area contributed by atoms with Crippen LogP contribution in [0.3, 0.4) is 0 Å². The van der Waals surface area contributed by atoms with E-state index < -0.39 is 6.10 Å². The van der Waals surface area contributed by atoms with Crippen LogP contribution < -0.4 is 14.8 Å². The van der Waals surface area contributed by atoms with Crippen LogP contribution in [0.5, 0.6) is 11.5 Å². The maximum Gasteiger partial charge on any atom is 0.248 e. The minimum atomic E-state index is -0.987.